The number of benzene rings is 3. The van der Waals surface area contributed by atoms with E-state index in [4.69, 9.17) is 11.5 Å². The van der Waals surface area contributed by atoms with E-state index in [2.05, 4.69) is 5.32 Å². The average molecular weight is 410 g/mol. The molecule has 0 bridgehead atoms. The van der Waals surface area contributed by atoms with Gasteiger partial charge in [0.1, 0.15) is 0 Å². The molecular formula is C22H27N3O3Si. The zero-order chi connectivity index (χ0) is 20.8. The molecule has 3 aromatic rings. The van der Waals surface area contributed by atoms with Gasteiger partial charge in [-0.1, -0.05) is 54.6 Å². The molecule has 3 amide bonds. The monoisotopic (exact) mass is 409 g/mol. The zero-order valence-electron chi connectivity index (χ0n) is 15.5. The number of carbonyl (C=O) groups is 3. The quantitative estimate of drug-likeness (QED) is 0.564. The van der Waals surface area contributed by atoms with Gasteiger partial charge in [-0.25, -0.2) is 0 Å². The summed E-state index contributed by atoms with van der Waals surface area (Å²) >= 11 is 0. The third kappa shape index (κ3) is 10.3. The maximum atomic E-state index is 10.9. The molecule has 0 radical (unpaired) electrons. The van der Waals surface area contributed by atoms with Gasteiger partial charge in [0.15, 0.2) is 0 Å². The highest BCUT2D eigenvalue weighted by Crippen LogP contribution is 1.97. The fourth-order valence-electron chi connectivity index (χ4n) is 1.94. The van der Waals surface area contributed by atoms with E-state index in [9.17, 15) is 14.4 Å². The van der Waals surface area contributed by atoms with Gasteiger partial charge in [0.25, 0.3) is 5.91 Å². The first kappa shape index (κ1) is 25.3. The van der Waals surface area contributed by atoms with E-state index in [1.165, 1.54) is 0 Å². The molecule has 0 fully saturated rings. The van der Waals surface area contributed by atoms with Crippen LogP contribution in [0, 0.1) is 0 Å². The number of nitrogens with two attached hydrogens (primary N) is 2. The van der Waals surface area contributed by atoms with E-state index in [1.807, 2.05) is 30.3 Å². The third-order valence-electron chi connectivity index (χ3n) is 3.38. The molecule has 0 saturated heterocycles. The SMILES string of the molecule is CNC(=O)c1ccccc1.NC(=O)c1ccccc1.NC(=O)c1ccccc1.[SiH4]. The van der Waals surface area contributed by atoms with E-state index in [0.717, 1.165) is 0 Å². The van der Waals surface area contributed by atoms with Gasteiger partial charge in [-0.05, 0) is 47.4 Å². The van der Waals surface area contributed by atoms with Crippen LogP contribution in [-0.2, 0) is 0 Å². The standard InChI is InChI=1S/C8H9NO.2C7H7NO.H4Si/c1-9-8(10)7-5-3-2-4-6-7;2*8-7(9)6-4-2-1-3-5-6;/h2-6H,1H3,(H,9,10);2*1-5H,(H2,8,9);1H4. The van der Waals surface area contributed by atoms with Crippen LogP contribution < -0.4 is 16.8 Å². The van der Waals surface area contributed by atoms with E-state index in [1.54, 1.807) is 67.7 Å². The van der Waals surface area contributed by atoms with Crippen molar-refractivity contribution in [2.24, 2.45) is 11.5 Å². The maximum Gasteiger partial charge on any atom is 0.251 e. The molecule has 3 aromatic carbocycles. The molecular weight excluding hydrogens is 382 g/mol. The van der Waals surface area contributed by atoms with Gasteiger partial charge in [0.2, 0.25) is 11.8 Å². The fraction of sp³-hybridized carbons (Fsp3) is 0.0455. The highest BCUT2D eigenvalue weighted by Gasteiger charge is 1.98. The number of primary amides is 2. The van der Waals surface area contributed by atoms with Crippen molar-refractivity contribution in [2.45, 2.75) is 0 Å². The number of carbonyl (C=O) groups excluding carboxylic acids is 3. The van der Waals surface area contributed by atoms with E-state index < -0.39 is 0 Å². The molecule has 6 nitrogen and oxygen atoms in total. The Bertz CT molecular complexity index is 824. The van der Waals surface area contributed by atoms with Crippen LogP contribution in [0.3, 0.4) is 0 Å². The normalized spacial score (nSPS) is 8.59. The van der Waals surface area contributed by atoms with Crippen molar-refractivity contribution in [3.8, 4) is 0 Å². The lowest BCUT2D eigenvalue weighted by atomic mass is 10.2. The van der Waals surface area contributed by atoms with Crippen molar-refractivity contribution < 1.29 is 14.4 Å². The van der Waals surface area contributed by atoms with Crippen molar-refractivity contribution in [1.82, 2.24) is 5.32 Å². The summed E-state index contributed by atoms with van der Waals surface area (Å²) < 4.78 is 0. The molecule has 7 heteroatoms. The minimum atomic E-state index is -0.379. The molecule has 0 saturated carbocycles. The Kier molecular flexibility index (Phi) is 12.5. The second kappa shape index (κ2) is 14.4. The zero-order valence-corrected chi connectivity index (χ0v) is 15.5. The number of hydrogen-bond acceptors (Lipinski definition) is 3. The lowest BCUT2D eigenvalue weighted by molar-refractivity contribution is 0.0960. The first-order chi connectivity index (χ1) is 13.5. The highest BCUT2D eigenvalue weighted by molar-refractivity contribution is 5.94. The minimum absolute atomic E-state index is 0. The van der Waals surface area contributed by atoms with E-state index in [0.29, 0.717) is 16.7 Å². The van der Waals surface area contributed by atoms with Crippen molar-refractivity contribution in [2.75, 3.05) is 7.05 Å². The van der Waals surface area contributed by atoms with Crippen LogP contribution in [0.4, 0.5) is 0 Å². The van der Waals surface area contributed by atoms with Gasteiger partial charge in [-0.15, -0.1) is 0 Å². The summed E-state index contributed by atoms with van der Waals surface area (Å²) in [7, 11) is 1.62. The molecule has 0 heterocycles. The number of amides is 3. The summed E-state index contributed by atoms with van der Waals surface area (Å²) in [4.78, 5) is 31.7. The number of rotatable bonds is 3. The van der Waals surface area contributed by atoms with Crippen LogP contribution >= 0.6 is 0 Å². The minimum Gasteiger partial charge on any atom is -0.366 e. The Morgan fingerprint density at radius 2 is 0.862 bits per heavy atom. The Hall–Kier alpha value is -3.71. The summed E-state index contributed by atoms with van der Waals surface area (Å²) in [5.74, 6) is -0.799. The summed E-state index contributed by atoms with van der Waals surface area (Å²) in [5.41, 5.74) is 11.8. The molecule has 0 unspecified atom stereocenters. The van der Waals surface area contributed by atoms with Crippen molar-refractivity contribution in [1.29, 1.82) is 0 Å². The Labute approximate surface area is 175 Å². The topological polar surface area (TPSA) is 115 Å². The second-order valence-corrected chi connectivity index (χ2v) is 5.41. The van der Waals surface area contributed by atoms with Crippen LogP contribution in [-0.4, -0.2) is 35.7 Å². The summed E-state index contributed by atoms with van der Waals surface area (Å²) in [6, 6.07) is 26.6. The van der Waals surface area contributed by atoms with Gasteiger partial charge in [0, 0.05) is 23.7 Å². The lowest BCUT2D eigenvalue weighted by Gasteiger charge is -1.96. The van der Waals surface area contributed by atoms with E-state index >= 15 is 0 Å². The van der Waals surface area contributed by atoms with Crippen molar-refractivity contribution in [3.63, 3.8) is 0 Å². The van der Waals surface area contributed by atoms with E-state index in [-0.39, 0.29) is 28.7 Å². The van der Waals surface area contributed by atoms with Crippen LogP contribution in [0.5, 0.6) is 0 Å². The van der Waals surface area contributed by atoms with Crippen molar-refractivity contribution >= 4 is 28.7 Å². The predicted molar refractivity (Wildman–Crippen MR) is 121 cm³/mol. The Balaban J connectivity index is 0.000000399. The predicted octanol–water partition coefficient (Wildman–Crippen LogP) is 1.17. The highest BCUT2D eigenvalue weighted by atomic mass is 28.1. The molecule has 29 heavy (non-hydrogen) atoms. The largest absolute Gasteiger partial charge is 0.366 e. The number of nitrogens with one attached hydrogen (secondary N) is 1. The average Bonchev–Trinajstić information content (AvgIpc) is 2.76. The molecule has 3 rings (SSSR count). The summed E-state index contributed by atoms with van der Waals surface area (Å²) in [6.45, 7) is 0. The first-order valence-corrected chi connectivity index (χ1v) is 8.42. The van der Waals surface area contributed by atoms with Crippen LogP contribution in [0.15, 0.2) is 91.0 Å². The van der Waals surface area contributed by atoms with Crippen LogP contribution in [0.2, 0.25) is 0 Å². The Morgan fingerprint density at radius 1 is 0.586 bits per heavy atom. The first-order valence-electron chi connectivity index (χ1n) is 8.42. The Morgan fingerprint density at radius 3 is 1.07 bits per heavy atom. The number of hydrogen-bond donors (Lipinski definition) is 3. The van der Waals surface area contributed by atoms with Gasteiger partial charge >= 0.3 is 0 Å². The molecule has 5 N–H and O–H groups in total. The molecule has 152 valence electrons. The molecule has 0 atom stereocenters. The van der Waals surface area contributed by atoms with Crippen LogP contribution in [0.25, 0.3) is 0 Å². The molecule has 0 aliphatic rings. The molecule has 0 aromatic heterocycles. The van der Waals surface area contributed by atoms with Gasteiger partial charge in [-0.3, -0.25) is 14.4 Å². The summed E-state index contributed by atoms with van der Waals surface area (Å²) in [5, 5.41) is 2.54. The third-order valence-corrected chi connectivity index (χ3v) is 3.38. The second-order valence-electron chi connectivity index (χ2n) is 5.41. The van der Waals surface area contributed by atoms with Gasteiger partial charge < -0.3 is 16.8 Å². The van der Waals surface area contributed by atoms with Gasteiger partial charge in [-0.2, -0.15) is 0 Å². The smallest absolute Gasteiger partial charge is 0.251 e. The molecule has 0 aliphatic carbocycles. The van der Waals surface area contributed by atoms with Crippen molar-refractivity contribution in [3.05, 3.63) is 108 Å². The maximum absolute atomic E-state index is 10.9. The fourth-order valence-corrected chi connectivity index (χ4v) is 1.94. The van der Waals surface area contributed by atoms with Crippen LogP contribution in [0.1, 0.15) is 31.1 Å². The lowest BCUT2D eigenvalue weighted by Crippen LogP contribution is -2.17. The molecule has 0 spiro atoms. The molecule has 0 aliphatic heterocycles. The summed E-state index contributed by atoms with van der Waals surface area (Å²) in [6.07, 6.45) is 0. The van der Waals surface area contributed by atoms with Gasteiger partial charge in [0.05, 0.1) is 0 Å².